The first-order chi connectivity index (χ1) is 19.9. The van der Waals surface area contributed by atoms with Crippen molar-refractivity contribution in [2.75, 3.05) is 26.3 Å². The van der Waals surface area contributed by atoms with E-state index in [0.29, 0.717) is 44.5 Å². The number of imide groups is 2. The van der Waals surface area contributed by atoms with Gasteiger partial charge in [-0.3, -0.25) is 29.0 Å². The molecule has 0 atom stereocenters. The van der Waals surface area contributed by atoms with E-state index in [1.54, 1.807) is 73.7 Å². The summed E-state index contributed by atoms with van der Waals surface area (Å²) in [7, 11) is 0. The highest BCUT2D eigenvalue weighted by atomic mass is 16.5. The van der Waals surface area contributed by atoms with Gasteiger partial charge in [0.15, 0.2) is 0 Å². The van der Waals surface area contributed by atoms with E-state index in [9.17, 15) is 24.0 Å². The molecule has 0 bridgehead atoms. The molecule has 41 heavy (non-hydrogen) atoms. The van der Waals surface area contributed by atoms with Crippen LogP contribution in [0.2, 0.25) is 0 Å². The molecule has 10 nitrogen and oxygen atoms in total. The van der Waals surface area contributed by atoms with Gasteiger partial charge in [-0.15, -0.1) is 0 Å². The Hall–Kier alpha value is -5.25. The van der Waals surface area contributed by atoms with Crippen molar-refractivity contribution in [3.63, 3.8) is 0 Å². The van der Waals surface area contributed by atoms with Crippen LogP contribution in [0.3, 0.4) is 0 Å². The van der Waals surface area contributed by atoms with E-state index in [2.05, 4.69) is 4.98 Å². The second kappa shape index (κ2) is 10.4. The molecule has 1 N–H and O–H groups in total. The lowest BCUT2D eigenvalue weighted by Gasteiger charge is -2.15. The summed E-state index contributed by atoms with van der Waals surface area (Å²) in [5.74, 6) is -1.55. The van der Waals surface area contributed by atoms with Crippen LogP contribution in [-0.4, -0.2) is 70.7 Å². The Morgan fingerprint density at radius 3 is 1.83 bits per heavy atom. The third kappa shape index (κ3) is 4.43. The Balaban J connectivity index is 1.21. The predicted molar refractivity (Wildman–Crippen MR) is 147 cm³/mol. The van der Waals surface area contributed by atoms with E-state index in [-0.39, 0.29) is 62.0 Å². The third-order valence-electron chi connectivity index (χ3n) is 7.28. The average molecular weight is 552 g/mol. The number of ether oxygens (including phenoxy) is 2. The van der Waals surface area contributed by atoms with Crippen LogP contribution in [0.1, 0.15) is 64.4 Å². The first kappa shape index (κ1) is 26.0. The van der Waals surface area contributed by atoms with Gasteiger partial charge in [-0.1, -0.05) is 24.3 Å². The molecule has 0 aliphatic carbocycles. The number of fused-ring (bicyclic) bond motifs is 3. The molecule has 3 aromatic carbocycles. The Morgan fingerprint density at radius 1 is 0.756 bits per heavy atom. The van der Waals surface area contributed by atoms with Crippen molar-refractivity contribution in [2.24, 2.45) is 0 Å². The second-order valence-corrected chi connectivity index (χ2v) is 9.62. The topological polar surface area (TPSA) is 126 Å². The van der Waals surface area contributed by atoms with Gasteiger partial charge >= 0.3 is 5.97 Å². The molecule has 0 fully saturated rings. The molecule has 0 unspecified atom stereocenters. The van der Waals surface area contributed by atoms with Crippen LogP contribution in [0.4, 0.5) is 0 Å². The number of hydrogen-bond acceptors (Lipinski definition) is 7. The average Bonchev–Trinajstić information content (AvgIpc) is 3.56. The molecule has 0 radical (unpaired) electrons. The number of carbonyl (C=O) groups excluding carboxylic acids is 5. The molecule has 3 heterocycles. The number of nitrogens with zero attached hydrogens (tertiary/aromatic N) is 2. The van der Waals surface area contributed by atoms with Gasteiger partial charge in [0.25, 0.3) is 23.6 Å². The fourth-order valence-electron chi connectivity index (χ4n) is 5.32. The molecule has 2 aliphatic heterocycles. The maximum atomic E-state index is 12.9. The van der Waals surface area contributed by atoms with Crippen LogP contribution < -0.4 is 4.74 Å². The van der Waals surface area contributed by atoms with Crippen LogP contribution in [0, 0.1) is 0 Å². The number of aromatic amines is 1. The second-order valence-electron chi connectivity index (χ2n) is 9.62. The fourth-order valence-corrected chi connectivity index (χ4v) is 5.32. The van der Waals surface area contributed by atoms with Crippen molar-refractivity contribution < 1.29 is 33.4 Å². The Kier molecular flexibility index (Phi) is 6.58. The molecule has 4 aromatic rings. The summed E-state index contributed by atoms with van der Waals surface area (Å²) >= 11 is 0. The predicted octanol–water partition coefficient (Wildman–Crippen LogP) is 3.86. The van der Waals surface area contributed by atoms with Crippen molar-refractivity contribution in [2.45, 2.75) is 13.3 Å². The quantitative estimate of drug-likeness (QED) is 0.247. The fraction of sp³-hybridized carbons (Fsp3) is 0.194. The molecule has 1 aromatic heterocycles. The summed E-state index contributed by atoms with van der Waals surface area (Å²) in [6, 6.07) is 18.6. The van der Waals surface area contributed by atoms with Gasteiger partial charge in [0.2, 0.25) is 0 Å². The highest BCUT2D eigenvalue weighted by Gasteiger charge is 2.36. The van der Waals surface area contributed by atoms with Gasteiger partial charge in [-0.05, 0) is 61.4 Å². The highest BCUT2D eigenvalue weighted by molar-refractivity contribution is 6.22. The highest BCUT2D eigenvalue weighted by Crippen LogP contribution is 2.30. The summed E-state index contributed by atoms with van der Waals surface area (Å²) in [6.45, 7) is 2.09. The van der Waals surface area contributed by atoms with E-state index in [0.717, 1.165) is 4.90 Å². The number of amides is 4. The van der Waals surface area contributed by atoms with Crippen LogP contribution in [0.25, 0.3) is 10.9 Å². The zero-order valence-electron chi connectivity index (χ0n) is 22.1. The number of benzene rings is 3. The van der Waals surface area contributed by atoms with E-state index in [1.807, 2.05) is 0 Å². The summed E-state index contributed by atoms with van der Waals surface area (Å²) in [5, 5.41) is 0.669. The lowest BCUT2D eigenvalue weighted by Crippen LogP contribution is -2.33. The number of rotatable bonds is 9. The minimum absolute atomic E-state index is 0.0660. The van der Waals surface area contributed by atoms with Crippen LogP contribution in [-0.2, 0) is 11.2 Å². The summed E-state index contributed by atoms with van der Waals surface area (Å²) < 4.78 is 11.1. The molecule has 10 heteroatoms. The zero-order chi connectivity index (χ0) is 28.7. The van der Waals surface area contributed by atoms with E-state index in [4.69, 9.17) is 9.47 Å². The number of aromatic nitrogens is 1. The van der Waals surface area contributed by atoms with Crippen molar-refractivity contribution in [3.05, 3.63) is 100 Å². The molecule has 206 valence electrons. The van der Waals surface area contributed by atoms with Gasteiger partial charge in [0.1, 0.15) is 18.1 Å². The van der Waals surface area contributed by atoms with E-state index < -0.39 is 5.97 Å². The van der Waals surface area contributed by atoms with Crippen LogP contribution in [0.15, 0.2) is 66.7 Å². The van der Waals surface area contributed by atoms with E-state index in [1.165, 1.54) is 4.90 Å². The zero-order valence-corrected chi connectivity index (χ0v) is 22.1. The standard InChI is InChI=1S/C31H25N3O7/c1-2-40-31(39)26-19(13-14-33-27(35)20-7-3-4-8-21(20)28(33)36)24-17-18(11-12-25(24)32-26)41-16-15-34-29(37)22-9-5-6-10-23(22)30(34)38/h3-12,17,32H,2,13-16H2,1H3. The van der Waals surface area contributed by atoms with Gasteiger partial charge in [-0.2, -0.15) is 0 Å². The number of esters is 1. The molecule has 4 amide bonds. The minimum atomic E-state index is -0.547. The molecule has 6 rings (SSSR count). The lowest BCUT2D eigenvalue weighted by molar-refractivity contribution is 0.0518. The SMILES string of the molecule is CCOC(=O)c1[nH]c2ccc(OCCN3C(=O)c4ccccc4C3=O)cc2c1CCN1C(=O)c2ccccc2C1=O. The number of hydrogen-bond donors (Lipinski definition) is 1. The number of H-pyrrole nitrogens is 1. The normalized spacial score (nSPS) is 14.2. The molecule has 0 saturated carbocycles. The number of carbonyl (C=O) groups is 5. The maximum absolute atomic E-state index is 12.9. The monoisotopic (exact) mass is 551 g/mol. The summed E-state index contributed by atoms with van der Waals surface area (Å²) in [4.78, 5) is 69.3. The molecular formula is C31H25N3O7. The van der Waals surface area contributed by atoms with Crippen molar-refractivity contribution in [1.29, 1.82) is 0 Å². The van der Waals surface area contributed by atoms with Gasteiger partial charge in [0.05, 0.1) is 35.4 Å². The smallest absolute Gasteiger partial charge is 0.355 e. The molecular weight excluding hydrogens is 526 g/mol. The first-order valence-electron chi connectivity index (χ1n) is 13.2. The lowest BCUT2D eigenvalue weighted by atomic mass is 10.1. The molecule has 0 saturated heterocycles. The molecule has 0 spiro atoms. The maximum Gasteiger partial charge on any atom is 0.355 e. The molecule has 2 aliphatic rings. The minimum Gasteiger partial charge on any atom is -0.492 e. The first-order valence-corrected chi connectivity index (χ1v) is 13.2. The van der Waals surface area contributed by atoms with Crippen molar-refractivity contribution in [1.82, 2.24) is 14.8 Å². The third-order valence-corrected chi connectivity index (χ3v) is 7.28. The van der Waals surface area contributed by atoms with Gasteiger partial charge < -0.3 is 14.5 Å². The Bertz CT molecular complexity index is 1690. The summed E-state index contributed by atoms with van der Waals surface area (Å²) in [5.41, 5.74) is 2.94. The number of nitrogens with one attached hydrogen (secondary N) is 1. The van der Waals surface area contributed by atoms with Gasteiger partial charge in [0, 0.05) is 17.4 Å². The van der Waals surface area contributed by atoms with Crippen LogP contribution in [0.5, 0.6) is 5.75 Å². The van der Waals surface area contributed by atoms with Gasteiger partial charge in [-0.25, -0.2) is 4.79 Å². The van der Waals surface area contributed by atoms with Crippen LogP contribution >= 0.6 is 0 Å². The largest absolute Gasteiger partial charge is 0.492 e. The Labute approximate surface area is 234 Å². The Morgan fingerprint density at radius 2 is 1.29 bits per heavy atom. The van der Waals surface area contributed by atoms with Crippen molar-refractivity contribution >= 4 is 40.5 Å². The van der Waals surface area contributed by atoms with E-state index >= 15 is 0 Å². The summed E-state index contributed by atoms with van der Waals surface area (Å²) in [6.07, 6.45) is 0.206. The van der Waals surface area contributed by atoms with Crippen molar-refractivity contribution in [3.8, 4) is 5.75 Å².